The van der Waals surface area contributed by atoms with Gasteiger partial charge < -0.3 is 5.32 Å². The van der Waals surface area contributed by atoms with Gasteiger partial charge in [0, 0.05) is 16.4 Å². The molecule has 0 aliphatic carbocycles. The molecule has 0 aliphatic heterocycles. The molecule has 0 spiro atoms. The van der Waals surface area contributed by atoms with Crippen molar-refractivity contribution in [2.24, 2.45) is 0 Å². The fourth-order valence-corrected chi connectivity index (χ4v) is 1.50. The van der Waals surface area contributed by atoms with Crippen molar-refractivity contribution in [2.75, 3.05) is 5.32 Å². The van der Waals surface area contributed by atoms with Gasteiger partial charge in [-0.25, -0.2) is 4.98 Å². The first-order valence-corrected chi connectivity index (χ1v) is 5.46. The second-order valence-electron chi connectivity index (χ2n) is 3.18. The van der Waals surface area contributed by atoms with E-state index in [1.807, 2.05) is 24.3 Å². The number of aromatic nitrogens is 1. The molecule has 1 aromatic heterocycles. The van der Waals surface area contributed by atoms with Crippen LogP contribution in [0.25, 0.3) is 0 Å². The third kappa shape index (κ3) is 2.59. The fourth-order valence-electron chi connectivity index (χ4n) is 1.26. The second kappa shape index (κ2) is 4.77. The van der Waals surface area contributed by atoms with Crippen molar-refractivity contribution in [1.82, 2.24) is 4.98 Å². The van der Waals surface area contributed by atoms with Crippen molar-refractivity contribution in [3.05, 3.63) is 52.6 Å². The topological polar surface area (TPSA) is 48.7 Å². The van der Waals surface area contributed by atoms with Crippen LogP contribution in [0.3, 0.4) is 0 Å². The van der Waals surface area contributed by atoms with Gasteiger partial charge in [-0.1, -0.05) is 6.07 Å². The van der Waals surface area contributed by atoms with E-state index in [9.17, 15) is 0 Å². The molecule has 3 nitrogen and oxygen atoms in total. The number of pyridine rings is 1. The molecule has 2 rings (SSSR count). The zero-order valence-electron chi connectivity index (χ0n) is 8.31. The van der Waals surface area contributed by atoms with Crippen LogP contribution in [0.2, 0.25) is 0 Å². The summed E-state index contributed by atoms with van der Waals surface area (Å²) in [5.74, 6) is 0.748. The minimum absolute atomic E-state index is 0.627. The van der Waals surface area contributed by atoms with Crippen LogP contribution in [0.5, 0.6) is 0 Å². The summed E-state index contributed by atoms with van der Waals surface area (Å²) in [6.45, 7) is 0. The molecule has 0 saturated heterocycles. The van der Waals surface area contributed by atoms with E-state index in [1.54, 1.807) is 18.3 Å². The lowest BCUT2D eigenvalue weighted by molar-refractivity contribution is 1.29. The molecule has 16 heavy (non-hydrogen) atoms. The molecule has 0 fully saturated rings. The van der Waals surface area contributed by atoms with Gasteiger partial charge >= 0.3 is 0 Å². The molecule has 2 aromatic rings. The smallest absolute Gasteiger partial charge is 0.130 e. The number of hydrogen-bond acceptors (Lipinski definition) is 3. The number of benzene rings is 1. The number of rotatable bonds is 2. The Morgan fingerprint density at radius 3 is 2.81 bits per heavy atom. The van der Waals surface area contributed by atoms with E-state index in [0.717, 1.165) is 16.0 Å². The summed E-state index contributed by atoms with van der Waals surface area (Å²) in [4.78, 5) is 4.19. The highest BCUT2D eigenvalue weighted by atomic mass is 79.9. The Hall–Kier alpha value is -1.86. The van der Waals surface area contributed by atoms with Crippen molar-refractivity contribution in [3.8, 4) is 6.07 Å². The number of anilines is 2. The van der Waals surface area contributed by atoms with Crippen molar-refractivity contribution < 1.29 is 0 Å². The van der Waals surface area contributed by atoms with Gasteiger partial charge in [0.15, 0.2) is 0 Å². The maximum atomic E-state index is 8.76. The molecule has 0 unspecified atom stereocenters. The lowest BCUT2D eigenvalue weighted by Crippen LogP contribution is -1.92. The zero-order valence-corrected chi connectivity index (χ0v) is 9.90. The highest BCUT2D eigenvalue weighted by Gasteiger charge is 1.97. The Kier molecular flexibility index (Phi) is 3.18. The summed E-state index contributed by atoms with van der Waals surface area (Å²) < 4.78 is 0.934. The predicted molar refractivity (Wildman–Crippen MR) is 66.4 cm³/mol. The van der Waals surface area contributed by atoms with E-state index in [-0.39, 0.29) is 0 Å². The highest BCUT2D eigenvalue weighted by molar-refractivity contribution is 9.10. The van der Waals surface area contributed by atoms with E-state index < -0.39 is 0 Å². The second-order valence-corrected chi connectivity index (χ2v) is 4.09. The van der Waals surface area contributed by atoms with E-state index in [4.69, 9.17) is 5.26 Å². The lowest BCUT2D eigenvalue weighted by atomic mass is 10.2. The third-order valence-corrected chi connectivity index (χ3v) is 2.46. The van der Waals surface area contributed by atoms with Gasteiger partial charge in [0.1, 0.15) is 5.82 Å². The summed E-state index contributed by atoms with van der Waals surface area (Å²) in [5.41, 5.74) is 1.48. The minimum atomic E-state index is 0.627. The van der Waals surface area contributed by atoms with Crippen LogP contribution in [-0.2, 0) is 0 Å². The summed E-state index contributed by atoms with van der Waals surface area (Å²) in [6, 6.07) is 13.1. The maximum absolute atomic E-state index is 8.76. The largest absolute Gasteiger partial charge is 0.340 e. The van der Waals surface area contributed by atoms with Crippen LogP contribution in [0, 0.1) is 11.3 Å². The molecular formula is C12H8BrN3. The first-order valence-electron chi connectivity index (χ1n) is 4.67. The zero-order chi connectivity index (χ0) is 11.4. The molecule has 0 aliphatic rings. The van der Waals surface area contributed by atoms with Gasteiger partial charge in [0.2, 0.25) is 0 Å². The molecule has 4 heteroatoms. The number of nitrogens with one attached hydrogen (secondary N) is 1. The number of halogens is 1. The standard InChI is InChI=1S/C12H8BrN3/c13-10-4-5-12(15-8-10)16-11-3-1-2-9(6-11)7-14/h1-6,8H,(H,15,16). The lowest BCUT2D eigenvalue weighted by Gasteiger charge is -2.05. The monoisotopic (exact) mass is 273 g/mol. The van der Waals surface area contributed by atoms with Crippen LogP contribution in [0.4, 0.5) is 11.5 Å². The average Bonchev–Trinajstić information content (AvgIpc) is 2.32. The van der Waals surface area contributed by atoms with Crippen molar-refractivity contribution in [1.29, 1.82) is 5.26 Å². The van der Waals surface area contributed by atoms with Gasteiger partial charge in [-0.05, 0) is 46.3 Å². The van der Waals surface area contributed by atoms with E-state index in [2.05, 4.69) is 32.3 Å². The molecular weight excluding hydrogens is 266 g/mol. The van der Waals surface area contributed by atoms with Crippen molar-refractivity contribution in [3.63, 3.8) is 0 Å². The predicted octanol–water partition coefficient (Wildman–Crippen LogP) is 3.46. The molecule has 78 valence electrons. The van der Waals surface area contributed by atoms with Crippen LogP contribution in [0.15, 0.2) is 47.1 Å². The molecule has 1 N–H and O–H groups in total. The SMILES string of the molecule is N#Cc1cccc(Nc2ccc(Br)cn2)c1. The van der Waals surface area contributed by atoms with Gasteiger partial charge in [-0.2, -0.15) is 5.26 Å². The Morgan fingerprint density at radius 2 is 2.12 bits per heavy atom. The minimum Gasteiger partial charge on any atom is -0.340 e. The van der Waals surface area contributed by atoms with E-state index >= 15 is 0 Å². The van der Waals surface area contributed by atoms with Crippen molar-refractivity contribution >= 4 is 27.4 Å². The number of nitriles is 1. The molecule has 1 heterocycles. The average molecular weight is 274 g/mol. The Bertz CT molecular complexity index is 529. The molecule has 0 bridgehead atoms. The van der Waals surface area contributed by atoms with E-state index in [0.29, 0.717) is 5.56 Å². The van der Waals surface area contributed by atoms with Crippen LogP contribution in [0.1, 0.15) is 5.56 Å². The van der Waals surface area contributed by atoms with Gasteiger partial charge in [-0.3, -0.25) is 0 Å². The Balaban J connectivity index is 2.21. The molecule has 0 atom stereocenters. The van der Waals surface area contributed by atoms with Gasteiger partial charge in [0.05, 0.1) is 11.6 Å². The number of nitrogens with zero attached hydrogens (tertiary/aromatic N) is 2. The fraction of sp³-hybridized carbons (Fsp3) is 0. The Morgan fingerprint density at radius 1 is 1.25 bits per heavy atom. The maximum Gasteiger partial charge on any atom is 0.130 e. The molecule has 0 radical (unpaired) electrons. The molecule has 0 saturated carbocycles. The highest BCUT2D eigenvalue weighted by Crippen LogP contribution is 2.17. The summed E-state index contributed by atoms with van der Waals surface area (Å²) in [6.07, 6.45) is 1.72. The summed E-state index contributed by atoms with van der Waals surface area (Å²) in [5, 5.41) is 11.9. The van der Waals surface area contributed by atoms with E-state index in [1.165, 1.54) is 0 Å². The quantitative estimate of drug-likeness (QED) is 0.912. The normalized spacial score (nSPS) is 9.50. The first-order chi connectivity index (χ1) is 7.78. The Labute approximate surface area is 102 Å². The third-order valence-electron chi connectivity index (χ3n) is 1.99. The summed E-state index contributed by atoms with van der Waals surface area (Å²) in [7, 11) is 0. The van der Waals surface area contributed by atoms with Crippen LogP contribution < -0.4 is 5.32 Å². The summed E-state index contributed by atoms with van der Waals surface area (Å²) >= 11 is 3.32. The molecule has 1 aromatic carbocycles. The van der Waals surface area contributed by atoms with Gasteiger partial charge in [0.25, 0.3) is 0 Å². The van der Waals surface area contributed by atoms with Crippen LogP contribution >= 0.6 is 15.9 Å². The van der Waals surface area contributed by atoms with Crippen molar-refractivity contribution in [2.45, 2.75) is 0 Å². The number of hydrogen-bond donors (Lipinski definition) is 1. The van der Waals surface area contributed by atoms with Gasteiger partial charge in [-0.15, -0.1) is 0 Å². The molecule has 0 amide bonds. The van der Waals surface area contributed by atoms with Crippen LogP contribution in [-0.4, -0.2) is 4.98 Å². The first kappa shape index (κ1) is 10.7.